The van der Waals surface area contributed by atoms with E-state index in [1.54, 1.807) is 0 Å². The van der Waals surface area contributed by atoms with E-state index < -0.39 is 0 Å². The van der Waals surface area contributed by atoms with E-state index in [1.165, 1.54) is 0 Å². The van der Waals surface area contributed by atoms with Crippen LogP contribution in [-0.4, -0.2) is 15.6 Å². The summed E-state index contributed by atoms with van der Waals surface area (Å²) in [6.07, 6.45) is 0. The summed E-state index contributed by atoms with van der Waals surface area (Å²) in [5, 5.41) is 0. The molecule has 2 rings (SSSR count). The van der Waals surface area contributed by atoms with Crippen LogP contribution in [-0.2, 0) is 17.9 Å². The van der Waals surface area contributed by atoms with Crippen LogP contribution in [0.4, 0.5) is 0 Å². The zero-order valence-corrected chi connectivity index (χ0v) is 10.6. The number of nitrogens with zero attached hydrogens (tertiary/aromatic N) is 1. The van der Waals surface area contributed by atoms with Gasteiger partial charge in [0.15, 0.2) is 0 Å². The van der Waals surface area contributed by atoms with Crippen molar-refractivity contribution in [3.05, 3.63) is 29.6 Å². The smallest absolute Gasteiger partial charge is 0.133 e. The maximum atomic E-state index is 5.68. The third kappa shape index (κ3) is 3.05. The van der Waals surface area contributed by atoms with Crippen LogP contribution in [0.2, 0.25) is 0 Å². The predicted octanol–water partition coefficient (Wildman–Crippen LogP) is 2.34. The van der Waals surface area contributed by atoms with Crippen LogP contribution in [0.1, 0.15) is 32.2 Å². The maximum absolute atomic E-state index is 5.68. The Morgan fingerprint density at radius 3 is 2.76 bits per heavy atom. The number of nitrogens with two attached hydrogens (primary N) is 1. The normalized spacial score (nSPS) is 12.2. The zero-order valence-electron chi connectivity index (χ0n) is 10.6. The minimum absolute atomic E-state index is 0.151. The number of aromatic amines is 1. The van der Waals surface area contributed by atoms with Crippen molar-refractivity contribution in [3.63, 3.8) is 0 Å². The van der Waals surface area contributed by atoms with Crippen LogP contribution in [0.3, 0.4) is 0 Å². The lowest BCUT2D eigenvalue weighted by Gasteiger charge is -2.18. The van der Waals surface area contributed by atoms with Crippen LogP contribution in [0.5, 0.6) is 0 Å². The Balaban J connectivity index is 2.20. The second-order valence-electron chi connectivity index (χ2n) is 5.14. The Bertz CT molecular complexity index is 511. The van der Waals surface area contributed by atoms with Gasteiger partial charge in [-0.05, 0) is 38.5 Å². The van der Waals surface area contributed by atoms with Gasteiger partial charge >= 0.3 is 0 Å². The molecule has 1 aromatic heterocycles. The number of aromatic nitrogens is 2. The van der Waals surface area contributed by atoms with Crippen molar-refractivity contribution in [2.24, 2.45) is 5.73 Å². The number of imidazole rings is 1. The van der Waals surface area contributed by atoms with E-state index in [0.29, 0.717) is 13.2 Å². The SMILES string of the molecule is CC(C)(C)OCc1nc2ccc(CN)cc2[nH]1. The molecule has 0 amide bonds. The summed E-state index contributed by atoms with van der Waals surface area (Å²) < 4.78 is 5.68. The molecular formula is C13H19N3O. The summed E-state index contributed by atoms with van der Waals surface area (Å²) in [4.78, 5) is 7.72. The van der Waals surface area contributed by atoms with Crippen molar-refractivity contribution >= 4 is 11.0 Å². The molecular weight excluding hydrogens is 214 g/mol. The molecule has 3 N–H and O–H groups in total. The lowest BCUT2D eigenvalue weighted by atomic mass is 10.2. The van der Waals surface area contributed by atoms with E-state index in [1.807, 2.05) is 39.0 Å². The molecule has 0 radical (unpaired) electrons. The topological polar surface area (TPSA) is 63.9 Å². The Morgan fingerprint density at radius 2 is 2.12 bits per heavy atom. The van der Waals surface area contributed by atoms with Gasteiger partial charge in [0.25, 0.3) is 0 Å². The highest BCUT2D eigenvalue weighted by molar-refractivity contribution is 5.75. The summed E-state index contributed by atoms with van der Waals surface area (Å²) in [5.41, 5.74) is 8.52. The molecule has 4 nitrogen and oxygen atoms in total. The van der Waals surface area contributed by atoms with E-state index in [0.717, 1.165) is 22.4 Å². The summed E-state index contributed by atoms with van der Waals surface area (Å²) in [6, 6.07) is 6.01. The summed E-state index contributed by atoms with van der Waals surface area (Å²) in [5.74, 6) is 0.851. The molecule has 0 unspecified atom stereocenters. The van der Waals surface area contributed by atoms with Crippen LogP contribution in [0.15, 0.2) is 18.2 Å². The molecule has 1 aromatic carbocycles. The molecule has 2 aromatic rings. The molecule has 0 atom stereocenters. The lowest BCUT2D eigenvalue weighted by molar-refractivity contribution is -0.0177. The number of rotatable bonds is 3. The average Bonchev–Trinajstić information content (AvgIpc) is 2.66. The van der Waals surface area contributed by atoms with Crippen LogP contribution < -0.4 is 5.73 Å². The number of hydrogen-bond acceptors (Lipinski definition) is 3. The average molecular weight is 233 g/mol. The van der Waals surface area contributed by atoms with Gasteiger partial charge in [0.1, 0.15) is 12.4 Å². The number of fused-ring (bicyclic) bond motifs is 1. The van der Waals surface area contributed by atoms with Crippen molar-refractivity contribution in [2.75, 3.05) is 0 Å². The number of H-pyrrole nitrogens is 1. The molecule has 92 valence electrons. The van der Waals surface area contributed by atoms with Gasteiger partial charge in [0, 0.05) is 6.54 Å². The van der Waals surface area contributed by atoms with Crippen LogP contribution in [0.25, 0.3) is 11.0 Å². The highest BCUT2D eigenvalue weighted by Gasteiger charge is 2.11. The van der Waals surface area contributed by atoms with E-state index in [2.05, 4.69) is 9.97 Å². The van der Waals surface area contributed by atoms with Gasteiger partial charge in [-0.3, -0.25) is 0 Å². The van der Waals surface area contributed by atoms with E-state index in [9.17, 15) is 0 Å². The van der Waals surface area contributed by atoms with Gasteiger partial charge < -0.3 is 15.5 Å². The minimum Gasteiger partial charge on any atom is -0.368 e. The Morgan fingerprint density at radius 1 is 1.35 bits per heavy atom. The highest BCUT2D eigenvalue weighted by atomic mass is 16.5. The number of benzene rings is 1. The third-order valence-corrected chi connectivity index (χ3v) is 2.47. The first-order valence-corrected chi connectivity index (χ1v) is 5.79. The molecule has 0 aliphatic heterocycles. The van der Waals surface area contributed by atoms with Gasteiger partial charge in [0.05, 0.1) is 16.6 Å². The largest absolute Gasteiger partial charge is 0.368 e. The van der Waals surface area contributed by atoms with Crippen molar-refractivity contribution in [1.82, 2.24) is 9.97 Å². The van der Waals surface area contributed by atoms with Crippen molar-refractivity contribution < 1.29 is 4.74 Å². The number of ether oxygens (including phenoxy) is 1. The quantitative estimate of drug-likeness (QED) is 0.855. The van der Waals surface area contributed by atoms with Gasteiger partial charge in [-0.2, -0.15) is 0 Å². The molecule has 0 aliphatic rings. The van der Waals surface area contributed by atoms with E-state index in [4.69, 9.17) is 10.5 Å². The standard InChI is InChI=1S/C13H19N3O/c1-13(2,3)17-8-12-15-10-5-4-9(7-14)6-11(10)16-12/h4-6H,7-8,14H2,1-3H3,(H,15,16). The zero-order chi connectivity index (χ0) is 12.5. The minimum atomic E-state index is -0.151. The molecule has 1 heterocycles. The monoisotopic (exact) mass is 233 g/mol. The first-order chi connectivity index (χ1) is 7.98. The predicted molar refractivity (Wildman–Crippen MR) is 68.5 cm³/mol. The van der Waals surface area contributed by atoms with E-state index in [-0.39, 0.29) is 5.60 Å². The first kappa shape index (κ1) is 12.1. The van der Waals surface area contributed by atoms with Gasteiger partial charge in [-0.1, -0.05) is 6.07 Å². The number of nitrogens with one attached hydrogen (secondary N) is 1. The first-order valence-electron chi connectivity index (χ1n) is 5.79. The van der Waals surface area contributed by atoms with Crippen LogP contribution in [0, 0.1) is 0 Å². The van der Waals surface area contributed by atoms with Gasteiger partial charge in [-0.25, -0.2) is 4.98 Å². The van der Waals surface area contributed by atoms with E-state index >= 15 is 0 Å². The summed E-state index contributed by atoms with van der Waals surface area (Å²) in [7, 11) is 0. The van der Waals surface area contributed by atoms with Crippen molar-refractivity contribution in [2.45, 2.75) is 39.5 Å². The lowest BCUT2D eigenvalue weighted by Crippen LogP contribution is -2.19. The fourth-order valence-corrected chi connectivity index (χ4v) is 1.59. The van der Waals surface area contributed by atoms with Crippen LogP contribution >= 0.6 is 0 Å². The van der Waals surface area contributed by atoms with Crippen molar-refractivity contribution in [1.29, 1.82) is 0 Å². The summed E-state index contributed by atoms with van der Waals surface area (Å²) >= 11 is 0. The maximum Gasteiger partial charge on any atom is 0.133 e. The fraction of sp³-hybridized carbons (Fsp3) is 0.462. The fourth-order valence-electron chi connectivity index (χ4n) is 1.59. The Kier molecular flexibility index (Phi) is 3.17. The molecule has 4 heteroatoms. The van der Waals surface area contributed by atoms with Gasteiger partial charge in [0.2, 0.25) is 0 Å². The Labute approximate surface area is 101 Å². The second kappa shape index (κ2) is 4.47. The molecule has 0 fully saturated rings. The highest BCUT2D eigenvalue weighted by Crippen LogP contribution is 2.16. The number of hydrogen-bond donors (Lipinski definition) is 2. The molecule has 17 heavy (non-hydrogen) atoms. The molecule has 0 saturated carbocycles. The second-order valence-corrected chi connectivity index (χ2v) is 5.14. The molecule has 0 aliphatic carbocycles. The molecule has 0 saturated heterocycles. The molecule has 0 bridgehead atoms. The van der Waals surface area contributed by atoms with Crippen molar-refractivity contribution in [3.8, 4) is 0 Å². The van der Waals surface area contributed by atoms with Gasteiger partial charge in [-0.15, -0.1) is 0 Å². The third-order valence-electron chi connectivity index (χ3n) is 2.47. The molecule has 0 spiro atoms. The summed E-state index contributed by atoms with van der Waals surface area (Å²) in [6.45, 7) is 7.13. The Hall–Kier alpha value is -1.39.